The number of amides is 1. The SMILES string of the molecule is CS(=O)(=O)Nc1cccc(C(=O)OCC(=O)Nc2nc(-c3cccc([N+](=O)[O-])c3)cs2)c1. The maximum atomic E-state index is 12.1. The number of nitrogens with one attached hydrogen (secondary N) is 2. The number of nitro groups is 1. The molecule has 0 bridgehead atoms. The number of anilines is 2. The zero-order valence-corrected chi connectivity index (χ0v) is 18.1. The molecule has 0 saturated carbocycles. The van der Waals surface area contributed by atoms with Gasteiger partial charge in [0.1, 0.15) is 0 Å². The van der Waals surface area contributed by atoms with Crippen LogP contribution in [0.3, 0.4) is 0 Å². The molecule has 0 radical (unpaired) electrons. The lowest BCUT2D eigenvalue weighted by molar-refractivity contribution is -0.384. The van der Waals surface area contributed by atoms with E-state index in [1.54, 1.807) is 11.4 Å². The van der Waals surface area contributed by atoms with E-state index in [1.165, 1.54) is 42.5 Å². The van der Waals surface area contributed by atoms with E-state index >= 15 is 0 Å². The molecule has 0 aliphatic rings. The number of carbonyl (C=O) groups is 2. The van der Waals surface area contributed by atoms with E-state index in [0.717, 1.165) is 17.6 Å². The van der Waals surface area contributed by atoms with Gasteiger partial charge >= 0.3 is 5.97 Å². The van der Waals surface area contributed by atoms with E-state index in [2.05, 4.69) is 15.0 Å². The molecule has 13 heteroatoms. The number of esters is 1. The Hall–Kier alpha value is -3.84. The predicted octanol–water partition coefficient (Wildman–Crippen LogP) is 2.89. The zero-order valence-electron chi connectivity index (χ0n) is 16.5. The van der Waals surface area contributed by atoms with Crippen molar-refractivity contribution in [2.24, 2.45) is 0 Å². The Kier molecular flexibility index (Phi) is 6.80. The minimum absolute atomic E-state index is 0.0636. The highest BCUT2D eigenvalue weighted by Crippen LogP contribution is 2.27. The smallest absolute Gasteiger partial charge is 0.338 e. The molecule has 0 atom stereocenters. The van der Waals surface area contributed by atoms with Crippen LogP contribution in [0.1, 0.15) is 10.4 Å². The van der Waals surface area contributed by atoms with E-state index in [1.807, 2.05) is 0 Å². The Balaban J connectivity index is 1.58. The normalized spacial score (nSPS) is 10.9. The van der Waals surface area contributed by atoms with Gasteiger partial charge in [-0.1, -0.05) is 18.2 Å². The van der Waals surface area contributed by atoms with Gasteiger partial charge in [0.25, 0.3) is 11.6 Å². The first kappa shape index (κ1) is 22.8. The van der Waals surface area contributed by atoms with Crippen LogP contribution < -0.4 is 10.0 Å². The molecule has 166 valence electrons. The summed E-state index contributed by atoms with van der Waals surface area (Å²) in [7, 11) is -3.51. The number of sulfonamides is 1. The van der Waals surface area contributed by atoms with Crippen LogP contribution in [-0.4, -0.2) is 43.1 Å². The Morgan fingerprint density at radius 2 is 1.94 bits per heavy atom. The number of hydrogen-bond donors (Lipinski definition) is 2. The molecule has 0 saturated heterocycles. The van der Waals surface area contributed by atoms with Crippen LogP contribution >= 0.6 is 11.3 Å². The third kappa shape index (κ3) is 6.33. The first-order valence-electron chi connectivity index (χ1n) is 8.86. The summed E-state index contributed by atoms with van der Waals surface area (Å²) in [6.07, 6.45) is 0.978. The van der Waals surface area contributed by atoms with Crippen molar-refractivity contribution in [2.75, 3.05) is 22.9 Å². The summed E-state index contributed by atoms with van der Waals surface area (Å²) in [5.41, 5.74) is 1.13. The van der Waals surface area contributed by atoms with Crippen molar-refractivity contribution >= 4 is 49.7 Å². The monoisotopic (exact) mass is 476 g/mol. The standard InChI is InChI=1S/C19H16N4O7S2/c1-32(28,29)22-14-6-2-5-13(8-14)18(25)30-10-17(24)21-19-20-16(11-31-19)12-4-3-7-15(9-12)23(26)27/h2-9,11,22H,10H2,1H3,(H,20,21,24). The van der Waals surface area contributed by atoms with Gasteiger partial charge in [-0.2, -0.15) is 0 Å². The summed E-state index contributed by atoms with van der Waals surface area (Å²) < 4.78 is 29.8. The number of thiazole rings is 1. The van der Waals surface area contributed by atoms with Gasteiger partial charge in [0.15, 0.2) is 11.7 Å². The summed E-state index contributed by atoms with van der Waals surface area (Å²) in [6, 6.07) is 11.6. The number of benzene rings is 2. The summed E-state index contributed by atoms with van der Waals surface area (Å²) in [5.74, 6) is -1.45. The molecule has 0 aliphatic carbocycles. The first-order chi connectivity index (χ1) is 15.1. The molecule has 0 spiro atoms. The van der Waals surface area contributed by atoms with Crippen molar-refractivity contribution in [3.63, 3.8) is 0 Å². The molecular weight excluding hydrogens is 460 g/mol. The minimum atomic E-state index is -3.51. The maximum absolute atomic E-state index is 12.1. The van der Waals surface area contributed by atoms with E-state index in [-0.39, 0.29) is 22.1 Å². The fourth-order valence-corrected chi connectivity index (χ4v) is 3.83. The maximum Gasteiger partial charge on any atom is 0.338 e. The van der Waals surface area contributed by atoms with Crippen LogP contribution in [0.2, 0.25) is 0 Å². The van der Waals surface area contributed by atoms with Crippen LogP contribution in [0.15, 0.2) is 53.9 Å². The number of aromatic nitrogens is 1. The number of ether oxygens (including phenoxy) is 1. The molecule has 2 aromatic carbocycles. The van der Waals surface area contributed by atoms with Crippen LogP contribution in [0, 0.1) is 10.1 Å². The van der Waals surface area contributed by atoms with E-state index in [9.17, 15) is 28.1 Å². The minimum Gasteiger partial charge on any atom is -0.452 e. The highest BCUT2D eigenvalue weighted by atomic mass is 32.2. The summed E-state index contributed by atoms with van der Waals surface area (Å²) in [5, 5.41) is 15.2. The second kappa shape index (κ2) is 9.53. The average molecular weight is 476 g/mol. The van der Waals surface area contributed by atoms with E-state index in [0.29, 0.717) is 11.3 Å². The van der Waals surface area contributed by atoms with Crippen molar-refractivity contribution in [1.82, 2.24) is 4.98 Å². The van der Waals surface area contributed by atoms with E-state index < -0.39 is 33.4 Å². The van der Waals surface area contributed by atoms with Gasteiger partial charge in [-0.15, -0.1) is 11.3 Å². The fraction of sp³-hybridized carbons (Fsp3) is 0.105. The molecule has 1 aromatic heterocycles. The number of non-ortho nitro benzene ring substituents is 1. The lowest BCUT2D eigenvalue weighted by atomic mass is 10.1. The Morgan fingerprint density at radius 1 is 1.19 bits per heavy atom. The average Bonchev–Trinajstić information content (AvgIpc) is 3.19. The van der Waals surface area contributed by atoms with Crippen molar-refractivity contribution in [3.05, 3.63) is 69.6 Å². The van der Waals surface area contributed by atoms with Gasteiger partial charge in [0.05, 0.1) is 22.4 Å². The van der Waals surface area contributed by atoms with Gasteiger partial charge in [0.2, 0.25) is 10.0 Å². The molecule has 0 unspecified atom stereocenters. The number of hydrogen-bond acceptors (Lipinski definition) is 9. The highest BCUT2D eigenvalue weighted by molar-refractivity contribution is 7.92. The molecule has 1 amide bonds. The summed E-state index contributed by atoms with van der Waals surface area (Å²) in [4.78, 5) is 38.8. The largest absolute Gasteiger partial charge is 0.452 e. The predicted molar refractivity (Wildman–Crippen MR) is 118 cm³/mol. The summed E-state index contributed by atoms with van der Waals surface area (Å²) in [6.45, 7) is -0.589. The lowest BCUT2D eigenvalue weighted by Crippen LogP contribution is -2.21. The van der Waals surface area contributed by atoms with Gasteiger partial charge in [0, 0.05) is 28.8 Å². The summed E-state index contributed by atoms with van der Waals surface area (Å²) >= 11 is 1.11. The Bertz CT molecular complexity index is 1290. The second-order valence-corrected chi connectivity index (χ2v) is 9.03. The molecule has 2 N–H and O–H groups in total. The molecule has 3 rings (SSSR count). The van der Waals surface area contributed by atoms with Crippen LogP contribution in [0.25, 0.3) is 11.3 Å². The van der Waals surface area contributed by atoms with Gasteiger partial charge in [-0.3, -0.25) is 24.9 Å². The molecule has 0 aliphatic heterocycles. The number of rotatable bonds is 8. The fourth-order valence-electron chi connectivity index (χ4n) is 2.54. The van der Waals surface area contributed by atoms with E-state index in [4.69, 9.17) is 4.74 Å². The van der Waals surface area contributed by atoms with Crippen molar-refractivity contribution in [1.29, 1.82) is 0 Å². The highest BCUT2D eigenvalue weighted by Gasteiger charge is 2.14. The topological polar surface area (TPSA) is 158 Å². The zero-order chi connectivity index (χ0) is 23.3. The molecule has 11 nitrogen and oxygen atoms in total. The lowest BCUT2D eigenvalue weighted by Gasteiger charge is -2.07. The van der Waals surface area contributed by atoms with Crippen molar-refractivity contribution in [3.8, 4) is 11.3 Å². The van der Waals surface area contributed by atoms with Crippen molar-refractivity contribution < 1.29 is 27.7 Å². The third-order valence-electron chi connectivity index (χ3n) is 3.84. The van der Waals surface area contributed by atoms with Crippen LogP contribution in [-0.2, 0) is 19.6 Å². The molecular formula is C19H16N4O7S2. The quantitative estimate of drug-likeness (QED) is 0.285. The van der Waals surface area contributed by atoms with Crippen LogP contribution in [0.4, 0.5) is 16.5 Å². The molecule has 32 heavy (non-hydrogen) atoms. The first-order valence-corrected chi connectivity index (χ1v) is 11.6. The number of carbonyl (C=O) groups excluding carboxylic acids is 2. The van der Waals surface area contributed by atoms with Crippen LogP contribution in [0.5, 0.6) is 0 Å². The second-order valence-electron chi connectivity index (χ2n) is 6.42. The molecule has 3 aromatic rings. The van der Waals surface area contributed by atoms with Gasteiger partial charge in [-0.05, 0) is 18.2 Å². The Labute approximate surface area is 186 Å². The Morgan fingerprint density at radius 3 is 2.66 bits per heavy atom. The molecule has 1 heterocycles. The van der Waals surface area contributed by atoms with Crippen molar-refractivity contribution in [2.45, 2.75) is 0 Å². The third-order valence-corrected chi connectivity index (χ3v) is 5.20. The number of nitrogens with zero attached hydrogens (tertiary/aromatic N) is 2. The molecule has 0 fully saturated rings. The van der Waals surface area contributed by atoms with Gasteiger partial charge in [-0.25, -0.2) is 18.2 Å². The van der Waals surface area contributed by atoms with Gasteiger partial charge < -0.3 is 4.74 Å². The number of nitro benzene ring substituents is 1.